The van der Waals surface area contributed by atoms with Crippen LogP contribution in [0.25, 0.3) is 11.3 Å². The van der Waals surface area contributed by atoms with Crippen molar-refractivity contribution in [2.75, 3.05) is 0 Å². The van der Waals surface area contributed by atoms with E-state index >= 15 is 0 Å². The van der Waals surface area contributed by atoms with Gasteiger partial charge in [0.25, 0.3) is 0 Å². The zero-order valence-corrected chi connectivity index (χ0v) is 15.4. The normalized spacial score (nSPS) is 15.1. The summed E-state index contributed by atoms with van der Waals surface area (Å²) in [5, 5.41) is 13.0. The molecule has 1 heterocycles. The maximum absolute atomic E-state index is 14.0. The van der Waals surface area contributed by atoms with Crippen molar-refractivity contribution in [2.24, 2.45) is 0 Å². The molecule has 4 nitrogen and oxygen atoms in total. The van der Waals surface area contributed by atoms with Crippen LogP contribution in [-0.4, -0.2) is 21.0 Å². The van der Waals surface area contributed by atoms with Crippen LogP contribution >= 0.6 is 0 Å². The highest BCUT2D eigenvalue weighted by Gasteiger charge is 2.17. The van der Waals surface area contributed by atoms with Gasteiger partial charge in [-0.15, -0.1) is 0 Å². The summed E-state index contributed by atoms with van der Waals surface area (Å²) in [6, 6.07) is 17.4. The van der Waals surface area contributed by atoms with E-state index in [0.717, 1.165) is 17.0 Å². The Kier molecular flexibility index (Phi) is 5.58. The molecule has 0 amide bonds. The SMILES string of the molecule is Fc1ccccc1Cn1nc(CNC2CCCCC2)c(-c2ccccc2)n1. The smallest absolute Gasteiger partial charge is 0.128 e. The largest absolute Gasteiger partial charge is 0.308 e. The minimum Gasteiger partial charge on any atom is -0.308 e. The molecule has 0 unspecified atom stereocenters. The molecule has 1 aliphatic rings. The number of nitrogens with one attached hydrogen (secondary N) is 1. The molecule has 1 N–H and O–H groups in total. The molecule has 0 atom stereocenters. The lowest BCUT2D eigenvalue weighted by Gasteiger charge is -2.22. The molecule has 0 bridgehead atoms. The number of benzene rings is 2. The van der Waals surface area contributed by atoms with Gasteiger partial charge in [0.15, 0.2) is 0 Å². The van der Waals surface area contributed by atoms with Gasteiger partial charge in [-0.05, 0) is 18.9 Å². The average molecular weight is 364 g/mol. The van der Waals surface area contributed by atoms with Gasteiger partial charge in [-0.1, -0.05) is 67.8 Å². The Hall–Kier alpha value is -2.53. The minimum absolute atomic E-state index is 0.224. The zero-order valence-electron chi connectivity index (χ0n) is 15.4. The summed E-state index contributed by atoms with van der Waals surface area (Å²) in [4.78, 5) is 1.61. The van der Waals surface area contributed by atoms with Crippen LogP contribution in [0, 0.1) is 5.82 Å². The van der Waals surface area contributed by atoms with Crippen LogP contribution in [0.5, 0.6) is 0 Å². The van der Waals surface area contributed by atoms with Gasteiger partial charge in [-0.2, -0.15) is 15.0 Å². The standard InChI is InChI=1S/C22H25FN4/c23-20-14-8-7-11-18(20)16-27-25-21(15-24-19-12-5-2-6-13-19)22(26-27)17-9-3-1-4-10-17/h1,3-4,7-11,14,19,24H,2,5-6,12-13,15-16H2. The Morgan fingerprint density at radius 3 is 2.44 bits per heavy atom. The van der Waals surface area contributed by atoms with Gasteiger partial charge in [-0.3, -0.25) is 0 Å². The Morgan fingerprint density at radius 2 is 1.67 bits per heavy atom. The Labute approximate surface area is 159 Å². The number of rotatable bonds is 6. The fraction of sp³-hybridized carbons (Fsp3) is 0.364. The lowest BCUT2D eigenvalue weighted by atomic mass is 9.95. The third-order valence-electron chi connectivity index (χ3n) is 5.21. The first-order valence-corrected chi connectivity index (χ1v) is 9.76. The molecule has 1 aromatic heterocycles. The van der Waals surface area contributed by atoms with E-state index in [9.17, 15) is 4.39 Å². The quantitative estimate of drug-likeness (QED) is 0.697. The fourth-order valence-electron chi connectivity index (χ4n) is 3.72. The predicted molar refractivity (Wildman–Crippen MR) is 105 cm³/mol. The monoisotopic (exact) mass is 364 g/mol. The third-order valence-corrected chi connectivity index (χ3v) is 5.21. The van der Waals surface area contributed by atoms with Gasteiger partial charge in [0.1, 0.15) is 17.2 Å². The van der Waals surface area contributed by atoms with Crippen LogP contribution in [0.2, 0.25) is 0 Å². The van der Waals surface area contributed by atoms with E-state index < -0.39 is 0 Å². The average Bonchev–Trinajstić information content (AvgIpc) is 3.12. The maximum Gasteiger partial charge on any atom is 0.128 e. The summed E-state index contributed by atoms with van der Waals surface area (Å²) in [5.41, 5.74) is 3.43. The van der Waals surface area contributed by atoms with Gasteiger partial charge >= 0.3 is 0 Å². The lowest BCUT2D eigenvalue weighted by Crippen LogP contribution is -2.30. The Morgan fingerprint density at radius 1 is 0.926 bits per heavy atom. The summed E-state index contributed by atoms with van der Waals surface area (Å²) >= 11 is 0. The summed E-state index contributed by atoms with van der Waals surface area (Å²) in [6.07, 6.45) is 6.38. The van der Waals surface area contributed by atoms with E-state index in [1.54, 1.807) is 16.9 Å². The van der Waals surface area contributed by atoms with Crippen molar-refractivity contribution in [3.63, 3.8) is 0 Å². The van der Waals surface area contributed by atoms with E-state index in [-0.39, 0.29) is 5.82 Å². The van der Waals surface area contributed by atoms with Crippen molar-refractivity contribution >= 4 is 0 Å². The molecule has 1 aliphatic carbocycles. The molecule has 1 saturated carbocycles. The molecule has 27 heavy (non-hydrogen) atoms. The number of nitrogens with zero attached hydrogens (tertiary/aromatic N) is 3. The van der Waals surface area contributed by atoms with Crippen LogP contribution in [0.1, 0.15) is 43.4 Å². The molecule has 1 fully saturated rings. The fourth-order valence-corrected chi connectivity index (χ4v) is 3.72. The van der Waals surface area contributed by atoms with E-state index in [1.807, 2.05) is 36.4 Å². The molecule has 3 aromatic rings. The maximum atomic E-state index is 14.0. The molecule has 0 radical (unpaired) electrons. The summed E-state index contributed by atoms with van der Waals surface area (Å²) in [6.45, 7) is 1.02. The molecule has 0 spiro atoms. The second-order valence-electron chi connectivity index (χ2n) is 7.20. The van der Waals surface area contributed by atoms with Crippen LogP contribution in [-0.2, 0) is 13.1 Å². The predicted octanol–water partition coefficient (Wildman–Crippen LogP) is 4.55. The van der Waals surface area contributed by atoms with Crippen molar-refractivity contribution < 1.29 is 4.39 Å². The van der Waals surface area contributed by atoms with Crippen LogP contribution in [0.4, 0.5) is 4.39 Å². The molecule has 140 valence electrons. The number of hydrogen-bond acceptors (Lipinski definition) is 3. The molecule has 2 aromatic carbocycles. The first-order chi connectivity index (χ1) is 13.3. The number of hydrogen-bond donors (Lipinski definition) is 1. The van der Waals surface area contributed by atoms with Crippen LogP contribution < -0.4 is 5.32 Å². The summed E-state index contributed by atoms with van der Waals surface area (Å²) < 4.78 is 14.0. The summed E-state index contributed by atoms with van der Waals surface area (Å²) in [5.74, 6) is -0.224. The Bertz CT molecular complexity index is 869. The molecular formula is C22H25FN4. The van der Waals surface area contributed by atoms with Crippen molar-refractivity contribution in [3.05, 3.63) is 71.7 Å². The highest BCUT2D eigenvalue weighted by molar-refractivity contribution is 5.60. The highest BCUT2D eigenvalue weighted by atomic mass is 19.1. The van der Waals surface area contributed by atoms with Crippen molar-refractivity contribution in [3.8, 4) is 11.3 Å². The van der Waals surface area contributed by atoms with Gasteiger partial charge in [0.05, 0.1) is 6.54 Å². The van der Waals surface area contributed by atoms with E-state index in [0.29, 0.717) is 24.7 Å². The lowest BCUT2D eigenvalue weighted by molar-refractivity contribution is 0.370. The van der Waals surface area contributed by atoms with Crippen LogP contribution in [0.3, 0.4) is 0 Å². The Balaban J connectivity index is 1.57. The molecule has 4 rings (SSSR count). The van der Waals surface area contributed by atoms with E-state index in [1.165, 1.54) is 38.2 Å². The van der Waals surface area contributed by atoms with E-state index in [4.69, 9.17) is 0 Å². The second-order valence-corrected chi connectivity index (χ2v) is 7.20. The topological polar surface area (TPSA) is 42.7 Å². The molecular weight excluding hydrogens is 339 g/mol. The molecule has 5 heteroatoms. The minimum atomic E-state index is -0.224. The highest BCUT2D eigenvalue weighted by Crippen LogP contribution is 2.22. The third kappa shape index (κ3) is 4.42. The van der Waals surface area contributed by atoms with Crippen molar-refractivity contribution in [1.82, 2.24) is 20.3 Å². The van der Waals surface area contributed by atoms with Gasteiger partial charge in [0, 0.05) is 23.7 Å². The summed E-state index contributed by atoms with van der Waals surface area (Å²) in [7, 11) is 0. The van der Waals surface area contributed by atoms with Gasteiger partial charge in [-0.25, -0.2) is 4.39 Å². The number of halogens is 1. The first kappa shape index (κ1) is 17.9. The first-order valence-electron chi connectivity index (χ1n) is 9.76. The second kappa shape index (κ2) is 8.44. The van der Waals surface area contributed by atoms with Gasteiger partial charge < -0.3 is 5.32 Å². The van der Waals surface area contributed by atoms with Crippen molar-refractivity contribution in [1.29, 1.82) is 0 Å². The zero-order chi connectivity index (χ0) is 18.5. The van der Waals surface area contributed by atoms with Crippen molar-refractivity contribution in [2.45, 2.75) is 51.2 Å². The van der Waals surface area contributed by atoms with E-state index in [2.05, 4.69) is 15.5 Å². The van der Waals surface area contributed by atoms with Gasteiger partial charge in [0.2, 0.25) is 0 Å². The van der Waals surface area contributed by atoms with Crippen LogP contribution in [0.15, 0.2) is 54.6 Å². The number of aromatic nitrogens is 3. The molecule has 0 saturated heterocycles. The molecule has 0 aliphatic heterocycles.